The smallest absolute Gasteiger partial charge is 0.353 e. The van der Waals surface area contributed by atoms with Crippen molar-refractivity contribution in [3.8, 4) is 0 Å². The summed E-state index contributed by atoms with van der Waals surface area (Å²) in [7, 11) is 2.67. The van der Waals surface area contributed by atoms with E-state index >= 15 is 0 Å². The van der Waals surface area contributed by atoms with Crippen molar-refractivity contribution in [2.45, 2.75) is 19.6 Å². The van der Waals surface area contributed by atoms with Crippen LogP contribution in [0, 0.1) is 5.92 Å². The van der Waals surface area contributed by atoms with Crippen LogP contribution in [0.5, 0.6) is 0 Å². The molecule has 2 N–H and O–H groups in total. The predicted octanol–water partition coefficient (Wildman–Crippen LogP) is 0.117. The molecule has 0 heterocycles. The summed E-state index contributed by atoms with van der Waals surface area (Å²) in [6, 6.07) is 0. The molecule has 0 fully saturated rings. The highest BCUT2D eigenvalue weighted by Gasteiger charge is 2.38. The van der Waals surface area contributed by atoms with Crippen molar-refractivity contribution in [3.05, 3.63) is 0 Å². The standard InChI is InChI=1S/C7H15NO3/c1-5(2)7(8,11-4)6(9)10-3/h5H,8H2,1-4H3/t7-/m1/s1. The minimum absolute atomic E-state index is 0.111. The van der Waals surface area contributed by atoms with E-state index in [1.165, 1.54) is 14.2 Å². The molecule has 0 bridgehead atoms. The zero-order chi connectivity index (χ0) is 9.07. The number of hydrogen-bond donors (Lipinski definition) is 1. The normalized spacial score (nSPS) is 16.2. The van der Waals surface area contributed by atoms with E-state index in [9.17, 15) is 4.79 Å². The van der Waals surface area contributed by atoms with Gasteiger partial charge in [-0.1, -0.05) is 13.8 Å². The Morgan fingerprint density at radius 2 is 1.91 bits per heavy atom. The van der Waals surface area contributed by atoms with Crippen molar-refractivity contribution >= 4 is 5.97 Å². The molecule has 4 nitrogen and oxygen atoms in total. The molecule has 0 rings (SSSR count). The summed E-state index contributed by atoms with van der Waals surface area (Å²) < 4.78 is 9.33. The van der Waals surface area contributed by atoms with E-state index in [0.717, 1.165) is 0 Å². The molecule has 66 valence electrons. The number of rotatable bonds is 3. The lowest BCUT2D eigenvalue weighted by Crippen LogP contribution is -2.54. The summed E-state index contributed by atoms with van der Waals surface area (Å²) in [5.74, 6) is -0.657. The number of esters is 1. The predicted molar refractivity (Wildman–Crippen MR) is 40.8 cm³/mol. The maximum Gasteiger partial charge on any atom is 0.353 e. The molecule has 0 radical (unpaired) electrons. The van der Waals surface area contributed by atoms with Crippen LogP contribution in [0.4, 0.5) is 0 Å². The van der Waals surface area contributed by atoms with Crippen molar-refractivity contribution in [3.63, 3.8) is 0 Å². The van der Waals surface area contributed by atoms with Gasteiger partial charge in [-0.25, -0.2) is 4.79 Å². The highest BCUT2D eigenvalue weighted by atomic mass is 16.6. The highest BCUT2D eigenvalue weighted by Crippen LogP contribution is 2.15. The van der Waals surface area contributed by atoms with Gasteiger partial charge in [0.05, 0.1) is 7.11 Å². The van der Waals surface area contributed by atoms with Gasteiger partial charge in [-0.05, 0) is 0 Å². The fourth-order valence-electron chi connectivity index (χ4n) is 0.714. The number of ether oxygens (including phenoxy) is 2. The van der Waals surface area contributed by atoms with E-state index in [0.29, 0.717) is 0 Å². The summed E-state index contributed by atoms with van der Waals surface area (Å²) in [6.07, 6.45) is 0. The minimum Gasteiger partial charge on any atom is -0.466 e. The maximum absolute atomic E-state index is 11.0. The Morgan fingerprint density at radius 3 is 2.00 bits per heavy atom. The lowest BCUT2D eigenvalue weighted by atomic mass is 10.0. The van der Waals surface area contributed by atoms with Crippen molar-refractivity contribution in [1.82, 2.24) is 0 Å². The number of carbonyl (C=O) groups excluding carboxylic acids is 1. The van der Waals surface area contributed by atoms with Crippen LogP contribution < -0.4 is 5.73 Å². The summed E-state index contributed by atoms with van der Waals surface area (Å²) in [5.41, 5.74) is 4.29. The zero-order valence-electron chi connectivity index (χ0n) is 7.38. The Hall–Kier alpha value is -0.610. The molecular formula is C7H15NO3. The van der Waals surface area contributed by atoms with E-state index in [2.05, 4.69) is 4.74 Å². The second-order valence-electron chi connectivity index (χ2n) is 2.64. The maximum atomic E-state index is 11.0. The topological polar surface area (TPSA) is 61.5 Å². The van der Waals surface area contributed by atoms with Crippen LogP contribution in [0.25, 0.3) is 0 Å². The summed E-state index contributed by atoms with van der Waals surface area (Å²) in [5, 5.41) is 0. The quantitative estimate of drug-likeness (QED) is 0.471. The van der Waals surface area contributed by atoms with Crippen LogP contribution in [0.2, 0.25) is 0 Å². The SMILES string of the molecule is COC(=O)[C@](N)(OC)C(C)C. The van der Waals surface area contributed by atoms with Gasteiger partial charge >= 0.3 is 5.97 Å². The van der Waals surface area contributed by atoms with Gasteiger partial charge in [0, 0.05) is 13.0 Å². The first-order valence-corrected chi connectivity index (χ1v) is 3.41. The van der Waals surface area contributed by atoms with Gasteiger partial charge in [-0.2, -0.15) is 0 Å². The number of carbonyl (C=O) groups is 1. The van der Waals surface area contributed by atoms with Crippen molar-refractivity contribution in [2.75, 3.05) is 14.2 Å². The number of methoxy groups -OCH3 is 2. The van der Waals surface area contributed by atoms with Crippen LogP contribution >= 0.6 is 0 Å². The third-order valence-corrected chi connectivity index (χ3v) is 1.70. The first-order chi connectivity index (χ1) is 4.99. The molecule has 0 aliphatic rings. The van der Waals surface area contributed by atoms with E-state index in [4.69, 9.17) is 10.5 Å². The van der Waals surface area contributed by atoms with Gasteiger partial charge in [0.1, 0.15) is 0 Å². The summed E-state index contributed by atoms with van der Waals surface area (Å²) in [4.78, 5) is 11.0. The number of nitrogens with two attached hydrogens (primary N) is 1. The number of hydrogen-bond acceptors (Lipinski definition) is 4. The Kier molecular flexibility index (Phi) is 3.48. The molecule has 0 aliphatic heterocycles. The average Bonchev–Trinajstić information content (AvgIpc) is 2.01. The van der Waals surface area contributed by atoms with Crippen LogP contribution in [0.1, 0.15) is 13.8 Å². The zero-order valence-corrected chi connectivity index (χ0v) is 7.38. The Morgan fingerprint density at radius 1 is 1.45 bits per heavy atom. The lowest BCUT2D eigenvalue weighted by molar-refractivity contribution is -0.171. The van der Waals surface area contributed by atoms with Crippen LogP contribution in [0.15, 0.2) is 0 Å². The molecule has 11 heavy (non-hydrogen) atoms. The van der Waals surface area contributed by atoms with Crippen LogP contribution in [-0.2, 0) is 14.3 Å². The molecule has 0 aliphatic carbocycles. The fourth-order valence-corrected chi connectivity index (χ4v) is 0.714. The molecule has 0 aromatic heterocycles. The van der Waals surface area contributed by atoms with Gasteiger partial charge in [-0.15, -0.1) is 0 Å². The molecule has 0 unspecified atom stereocenters. The third-order valence-electron chi connectivity index (χ3n) is 1.70. The van der Waals surface area contributed by atoms with E-state index in [1.807, 2.05) is 0 Å². The lowest BCUT2D eigenvalue weighted by Gasteiger charge is -2.28. The van der Waals surface area contributed by atoms with E-state index in [1.54, 1.807) is 13.8 Å². The minimum atomic E-state index is -1.31. The molecule has 4 heteroatoms. The van der Waals surface area contributed by atoms with Gasteiger partial charge in [-0.3, -0.25) is 5.73 Å². The first kappa shape index (κ1) is 10.4. The molecule has 0 aromatic rings. The van der Waals surface area contributed by atoms with Crippen LogP contribution in [-0.4, -0.2) is 25.9 Å². The Bertz CT molecular complexity index is 147. The first-order valence-electron chi connectivity index (χ1n) is 3.41. The molecule has 0 spiro atoms. The Balaban J connectivity index is 4.45. The molecular weight excluding hydrogens is 146 g/mol. The van der Waals surface area contributed by atoms with Crippen molar-refractivity contribution in [2.24, 2.45) is 11.7 Å². The summed E-state index contributed by atoms with van der Waals surface area (Å²) >= 11 is 0. The second kappa shape index (κ2) is 3.69. The van der Waals surface area contributed by atoms with E-state index in [-0.39, 0.29) is 5.92 Å². The molecule has 1 atom stereocenters. The summed E-state index contributed by atoms with van der Waals surface area (Å²) in [6.45, 7) is 3.58. The third kappa shape index (κ3) is 1.91. The van der Waals surface area contributed by atoms with Gasteiger partial charge in [0.15, 0.2) is 0 Å². The second-order valence-corrected chi connectivity index (χ2v) is 2.64. The van der Waals surface area contributed by atoms with Crippen LogP contribution in [0.3, 0.4) is 0 Å². The fraction of sp³-hybridized carbons (Fsp3) is 0.857. The largest absolute Gasteiger partial charge is 0.466 e. The van der Waals surface area contributed by atoms with Crippen molar-refractivity contribution in [1.29, 1.82) is 0 Å². The van der Waals surface area contributed by atoms with Gasteiger partial charge in [0.2, 0.25) is 5.72 Å². The van der Waals surface area contributed by atoms with Gasteiger partial charge in [0.25, 0.3) is 0 Å². The van der Waals surface area contributed by atoms with Crippen molar-refractivity contribution < 1.29 is 14.3 Å². The van der Waals surface area contributed by atoms with Gasteiger partial charge < -0.3 is 9.47 Å². The Labute approximate surface area is 66.7 Å². The monoisotopic (exact) mass is 161 g/mol. The molecule has 0 saturated carbocycles. The highest BCUT2D eigenvalue weighted by molar-refractivity contribution is 5.78. The average molecular weight is 161 g/mol. The van der Waals surface area contributed by atoms with E-state index < -0.39 is 11.7 Å². The molecule has 0 saturated heterocycles. The molecule has 0 amide bonds. The molecule has 0 aromatic carbocycles.